The first-order valence-electron chi connectivity index (χ1n) is 12.7. The van der Waals surface area contributed by atoms with Crippen LogP contribution < -0.4 is 0 Å². The van der Waals surface area contributed by atoms with Crippen LogP contribution in [0.3, 0.4) is 0 Å². The van der Waals surface area contributed by atoms with E-state index < -0.39 is 0 Å². The molecule has 0 amide bonds. The third-order valence-electron chi connectivity index (χ3n) is 6.40. The van der Waals surface area contributed by atoms with Crippen LogP contribution in [0.5, 0.6) is 0 Å². The molecule has 0 N–H and O–H groups in total. The Morgan fingerprint density at radius 1 is 0.423 bits per heavy atom. The summed E-state index contributed by atoms with van der Waals surface area (Å²) in [6, 6.07) is 0. The van der Waals surface area contributed by atoms with E-state index in [9.17, 15) is 0 Å². The van der Waals surface area contributed by atoms with E-state index in [4.69, 9.17) is 0 Å². The van der Waals surface area contributed by atoms with Gasteiger partial charge in [0.05, 0.1) is 0 Å². The Balaban J connectivity index is 3.09. The number of rotatable bonds is 21. The molecule has 0 fully saturated rings. The van der Waals surface area contributed by atoms with Crippen molar-refractivity contribution in [1.82, 2.24) is 0 Å². The lowest BCUT2D eigenvalue weighted by Crippen LogP contribution is -2.06. The minimum Gasteiger partial charge on any atom is -0.0654 e. The zero-order chi connectivity index (χ0) is 19.3. The van der Waals surface area contributed by atoms with E-state index in [2.05, 4.69) is 27.7 Å². The molecule has 0 aromatic heterocycles. The SMILES string of the molecule is CCCCCCCCCCCCCCCCCCCCC(CC)C(C)C. The average Bonchev–Trinajstić information content (AvgIpc) is 2.63. The molecule has 0 saturated heterocycles. The summed E-state index contributed by atoms with van der Waals surface area (Å²) in [4.78, 5) is 0. The van der Waals surface area contributed by atoms with Crippen LogP contribution in [0, 0.1) is 11.8 Å². The lowest BCUT2D eigenvalue weighted by atomic mass is 9.88. The molecule has 0 aromatic carbocycles. The zero-order valence-electron chi connectivity index (χ0n) is 19.3. The predicted molar refractivity (Wildman–Crippen MR) is 122 cm³/mol. The maximum absolute atomic E-state index is 2.39. The maximum atomic E-state index is 2.39. The summed E-state index contributed by atoms with van der Waals surface area (Å²) in [6.07, 6.45) is 29.4. The topological polar surface area (TPSA) is 0 Å². The van der Waals surface area contributed by atoms with Gasteiger partial charge in [-0.15, -0.1) is 0 Å². The summed E-state index contributed by atoms with van der Waals surface area (Å²) in [5.41, 5.74) is 0. The molecule has 0 aliphatic heterocycles. The summed E-state index contributed by atoms with van der Waals surface area (Å²) in [6.45, 7) is 9.45. The van der Waals surface area contributed by atoms with Crippen molar-refractivity contribution in [3.05, 3.63) is 0 Å². The largest absolute Gasteiger partial charge is 0.0654 e. The van der Waals surface area contributed by atoms with Crippen molar-refractivity contribution >= 4 is 0 Å². The smallest absolute Gasteiger partial charge is 0.0394 e. The van der Waals surface area contributed by atoms with Gasteiger partial charge in [-0.3, -0.25) is 0 Å². The highest BCUT2D eigenvalue weighted by Crippen LogP contribution is 2.22. The molecule has 0 heteroatoms. The van der Waals surface area contributed by atoms with E-state index in [0.29, 0.717) is 0 Å². The van der Waals surface area contributed by atoms with Crippen LogP contribution in [-0.4, -0.2) is 0 Å². The molecule has 0 heterocycles. The van der Waals surface area contributed by atoms with Gasteiger partial charge in [-0.25, -0.2) is 0 Å². The Labute approximate surface area is 168 Å². The highest BCUT2D eigenvalue weighted by atomic mass is 14.2. The summed E-state index contributed by atoms with van der Waals surface area (Å²) in [7, 11) is 0. The standard InChI is InChI=1S/C26H54/c1-5-7-8-9-10-11-12-13-14-15-16-17-18-19-20-21-22-23-24-26(6-2)25(3)4/h25-26H,5-24H2,1-4H3. The third-order valence-corrected chi connectivity index (χ3v) is 6.40. The monoisotopic (exact) mass is 366 g/mol. The van der Waals surface area contributed by atoms with Crippen molar-refractivity contribution in [3.63, 3.8) is 0 Å². The van der Waals surface area contributed by atoms with E-state index >= 15 is 0 Å². The summed E-state index contributed by atoms with van der Waals surface area (Å²) >= 11 is 0. The first kappa shape index (κ1) is 26.0. The fourth-order valence-corrected chi connectivity index (χ4v) is 4.32. The highest BCUT2D eigenvalue weighted by molar-refractivity contribution is 4.61. The van der Waals surface area contributed by atoms with Crippen molar-refractivity contribution in [2.45, 2.75) is 156 Å². The van der Waals surface area contributed by atoms with Gasteiger partial charge in [-0.1, -0.05) is 156 Å². The number of unbranched alkanes of at least 4 members (excludes halogenated alkanes) is 17. The van der Waals surface area contributed by atoms with Crippen molar-refractivity contribution in [2.24, 2.45) is 11.8 Å². The van der Waals surface area contributed by atoms with Gasteiger partial charge in [0.15, 0.2) is 0 Å². The molecule has 0 aromatic rings. The molecule has 0 aliphatic rings. The molecule has 158 valence electrons. The molecule has 26 heavy (non-hydrogen) atoms. The molecule has 0 saturated carbocycles. The van der Waals surface area contributed by atoms with Crippen molar-refractivity contribution in [1.29, 1.82) is 0 Å². The van der Waals surface area contributed by atoms with Gasteiger partial charge < -0.3 is 0 Å². The summed E-state index contributed by atoms with van der Waals surface area (Å²) < 4.78 is 0. The van der Waals surface area contributed by atoms with Crippen LogP contribution in [0.1, 0.15) is 156 Å². The third kappa shape index (κ3) is 18.8. The van der Waals surface area contributed by atoms with Gasteiger partial charge in [0.1, 0.15) is 0 Å². The van der Waals surface area contributed by atoms with E-state index in [1.807, 2.05) is 0 Å². The van der Waals surface area contributed by atoms with Gasteiger partial charge in [0.2, 0.25) is 0 Å². The van der Waals surface area contributed by atoms with E-state index in [1.54, 1.807) is 0 Å². The second-order valence-electron chi connectivity index (χ2n) is 9.21. The lowest BCUT2D eigenvalue weighted by Gasteiger charge is -2.18. The van der Waals surface area contributed by atoms with Gasteiger partial charge in [0.25, 0.3) is 0 Å². The quantitative estimate of drug-likeness (QED) is 0.177. The summed E-state index contributed by atoms with van der Waals surface area (Å²) in [5, 5.41) is 0. The van der Waals surface area contributed by atoms with Crippen LogP contribution in [0.4, 0.5) is 0 Å². The lowest BCUT2D eigenvalue weighted by molar-refractivity contribution is 0.335. The van der Waals surface area contributed by atoms with Crippen molar-refractivity contribution in [2.75, 3.05) is 0 Å². The minimum absolute atomic E-state index is 0.880. The average molecular weight is 367 g/mol. The van der Waals surface area contributed by atoms with Gasteiger partial charge in [-0.05, 0) is 11.8 Å². The van der Waals surface area contributed by atoms with Crippen LogP contribution in [0.15, 0.2) is 0 Å². The van der Waals surface area contributed by atoms with E-state index in [-0.39, 0.29) is 0 Å². The second-order valence-corrected chi connectivity index (χ2v) is 9.21. The van der Waals surface area contributed by atoms with Crippen LogP contribution in [0.25, 0.3) is 0 Å². The Bertz CT molecular complexity index is 242. The zero-order valence-corrected chi connectivity index (χ0v) is 19.3. The molecule has 1 unspecified atom stereocenters. The number of hydrogen-bond acceptors (Lipinski definition) is 0. The molecule has 0 nitrogen and oxygen atoms in total. The van der Waals surface area contributed by atoms with Gasteiger partial charge >= 0.3 is 0 Å². The molecule has 0 spiro atoms. The summed E-state index contributed by atoms with van der Waals surface area (Å²) in [5.74, 6) is 1.85. The fourth-order valence-electron chi connectivity index (χ4n) is 4.32. The Hall–Kier alpha value is 0. The van der Waals surface area contributed by atoms with Crippen LogP contribution >= 0.6 is 0 Å². The Morgan fingerprint density at radius 3 is 1.00 bits per heavy atom. The number of hydrogen-bond donors (Lipinski definition) is 0. The Kier molecular flexibility index (Phi) is 21.3. The second kappa shape index (κ2) is 21.3. The molecule has 0 aliphatic carbocycles. The highest BCUT2D eigenvalue weighted by Gasteiger charge is 2.09. The molecule has 1 atom stereocenters. The van der Waals surface area contributed by atoms with Crippen LogP contribution in [0.2, 0.25) is 0 Å². The van der Waals surface area contributed by atoms with E-state index in [0.717, 1.165) is 11.8 Å². The van der Waals surface area contributed by atoms with Gasteiger partial charge in [-0.2, -0.15) is 0 Å². The predicted octanol–water partition coefficient (Wildman–Crippen LogP) is 10.1. The normalized spacial score (nSPS) is 12.8. The molecule has 0 radical (unpaired) electrons. The molecule has 0 bridgehead atoms. The van der Waals surface area contributed by atoms with Crippen molar-refractivity contribution in [3.8, 4) is 0 Å². The minimum atomic E-state index is 0.880. The maximum Gasteiger partial charge on any atom is -0.0394 e. The first-order chi connectivity index (χ1) is 12.7. The first-order valence-corrected chi connectivity index (χ1v) is 12.7. The Morgan fingerprint density at radius 2 is 0.731 bits per heavy atom. The van der Waals surface area contributed by atoms with Crippen molar-refractivity contribution < 1.29 is 0 Å². The molecular weight excluding hydrogens is 312 g/mol. The van der Waals surface area contributed by atoms with E-state index in [1.165, 1.54) is 128 Å². The molecule has 0 rings (SSSR count). The fraction of sp³-hybridized carbons (Fsp3) is 1.00. The van der Waals surface area contributed by atoms with Gasteiger partial charge in [0, 0.05) is 0 Å². The molecular formula is C26H54. The van der Waals surface area contributed by atoms with Crippen LogP contribution in [-0.2, 0) is 0 Å².